The average molecular weight is 461 g/mol. The second-order valence-corrected chi connectivity index (χ2v) is 8.05. The number of carbonyl (C=O) groups is 1. The Hall–Kier alpha value is -3.33. The van der Waals surface area contributed by atoms with Crippen LogP contribution < -0.4 is 20.9 Å². The highest BCUT2D eigenvalue weighted by Crippen LogP contribution is 2.27. The van der Waals surface area contributed by atoms with E-state index in [9.17, 15) is 9.18 Å². The molecular weight excluding hydrogens is 435 g/mol. The van der Waals surface area contributed by atoms with E-state index >= 15 is 0 Å². The number of ether oxygens (including phenoxy) is 1. The molecule has 0 fully saturated rings. The van der Waals surface area contributed by atoms with Crippen LogP contribution in [0.15, 0.2) is 23.9 Å². The third-order valence-electron chi connectivity index (χ3n) is 5.16. The van der Waals surface area contributed by atoms with Gasteiger partial charge in [-0.2, -0.15) is 0 Å². The van der Waals surface area contributed by atoms with Crippen molar-refractivity contribution in [1.82, 2.24) is 9.88 Å². The molecule has 1 aliphatic heterocycles. The summed E-state index contributed by atoms with van der Waals surface area (Å²) in [4.78, 5) is 22.4. The molecule has 0 unspecified atom stereocenters. The van der Waals surface area contributed by atoms with Gasteiger partial charge in [-0.3, -0.25) is 15.6 Å². The first-order valence-electron chi connectivity index (χ1n) is 10.0. The lowest BCUT2D eigenvalue weighted by Crippen LogP contribution is -2.42. The first kappa shape index (κ1) is 23.3. The van der Waals surface area contributed by atoms with Crippen molar-refractivity contribution in [3.63, 3.8) is 0 Å². The number of hydrogen-bond acceptors (Lipinski definition) is 5. The van der Waals surface area contributed by atoms with E-state index in [1.165, 1.54) is 12.1 Å². The smallest absolute Gasteiger partial charge is 0.328 e. The van der Waals surface area contributed by atoms with Gasteiger partial charge in [0.05, 0.1) is 30.8 Å². The van der Waals surface area contributed by atoms with Gasteiger partial charge in [0, 0.05) is 32.0 Å². The number of H-pyrrole nitrogens is 1. The Morgan fingerprint density at radius 1 is 1.41 bits per heavy atom. The Morgan fingerprint density at radius 2 is 2.12 bits per heavy atom. The highest BCUT2D eigenvalue weighted by atomic mass is 35.5. The molecule has 32 heavy (non-hydrogen) atoms. The van der Waals surface area contributed by atoms with Crippen molar-refractivity contribution in [1.29, 1.82) is 5.41 Å². The van der Waals surface area contributed by atoms with Crippen LogP contribution in [0.5, 0.6) is 5.75 Å². The molecule has 1 aromatic carbocycles. The van der Waals surface area contributed by atoms with Gasteiger partial charge >= 0.3 is 5.82 Å². The third kappa shape index (κ3) is 4.94. The Balaban J connectivity index is 1.79. The molecule has 8 nitrogen and oxygen atoms in total. The summed E-state index contributed by atoms with van der Waals surface area (Å²) >= 11 is 6.19. The summed E-state index contributed by atoms with van der Waals surface area (Å²) in [5.41, 5.74) is 9.67. The summed E-state index contributed by atoms with van der Waals surface area (Å²) in [5, 5.41) is 13.9. The van der Waals surface area contributed by atoms with Crippen LogP contribution in [0.1, 0.15) is 40.9 Å². The average Bonchev–Trinajstić information content (AvgIpc) is 3.12. The van der Waals surface area contributed by atoms with Crippen LogP contribution in [-0.4, -0.2) is 46.9 Å². The highest BCUT2D eigenvalue weighted by Gasteiger charge is 2.32. The molecule has 0 saturated carbocycles. The van der Waals surface area contributed by atoms with Gasteiger partial charge < -0.3 is 15.4 Å². The van der Waals surface area contributed by atoms with Crippen LogP contribution in [0.4, 0.5) is 4.39 Å². The quantitative estimate of drug-likeness (QED) is 0.534. The maximum absolute atomic E-state index is 13.8. The van der Waals surface area contributed by atoms with Gasteiger partial charge in [0.25, 0.3) is 5.91 Å². The van der Waals surface area contributed by atoms with Crippen LogP contribution in [0, 0.1) is 25.1 Å². The first-order chi connectivity index (χ1) is 15.1. The molecule has 10 heteroatoms. The molecule has 0 aliphatic carbocycles. The van der Waals surface area contributed by atoms with E-state index in [-0.39, 0.29) is 49.0 Å². The fourth-order valence-electron chi connectivity index (χ4n) is 3.33. The van der Waals surface area contributed by atoms with Gasteiger partial charge in [-0.25, -0.2) is 9.37 Å². The number of aromatic amines is 1. The third-order valence-corrected chi connectivity index (χ3v) is 5.72. The number of nitrogens with two attached hydrogens (primary N) is 2. The molecule has 168 valence electrons. The molecule has 0 spiro atoms. The van der Waals surface area contributed by atoms with Gasteiger partial charge in [-0.1, -0.05) is 11.6 Å². The molecule has 3 rings (SSSR count). The zero-order chi connectivity index (χ0) is 23.6. The van der Waals surface area contributed by atoms with Gasteiger partial charge in [-0.05, 0) is 24.0 Å². The zero-order valence-corrected chi connectivity index (χ0v) is 18.9. The fraction of sp³-hybridized carbons (Fsp3) is 0.318. The van der Waals surface area contributed by atoms with Crippen molar-refractivity contribution >= 4 is 34.5 Å². The Labute approximate surface area is 190 Å². The second kappa shape index (κ2) is 9.44. The molecule has 0 saturated heterocycles. The predicted molar refractivity (Wildman–Crippen MR) is 119 cm³/mol. The highest BCUT2D eigenvalue weighted by molar-refractivity contribution is 6.37. The SMILES string of the molecule is CC(=[NH2+])C(=N)CCOc1cc(F)ccc1C(=O)N1CC(N)=C(c2nc(C)c(Cl)c(C)[nH+]2)C1. The van der Waals surface area contributed by atoms with Crippen LogP contribution in [0.2, 0.25) is 5.02 Å². The molecule has 1 amide bonds. The van der Waals surface area contributed by atoms with Crippen LogP contribution in [0.25, 0.3) is 5.57 Å². The van der Waals surface area contributed by atoms with E-state index in [0.717, 1.165) is 11.8 Å². The summed E-state index contributed by atoms with van der Waals surface area (Å²) in [7, 11) is 0. The van der Waals surface area contributed by atoms with Gasteiger partial charge in [0.2, 0.25) is 0 Å². The molecular formula is C22H26ClFN6O2+2. The first-order valence-corrected chi connectivity index (χ1v) is 10.4. The molecule has 0 bridgehead atoms. The number of benzene rings is 1. The van der Waals surface area contributed by atoms with Crippen LogP contribution >= 0.6 is 11.6 Å². The van der Waals surface area contributed by atoms with Crippen LogP contribution in [0.3, 0.4) is 0 Å². The molecule has 1 aliphatic rings. The number of aromatic nitrogens is 2. The lowest BCUT2D eigenvalue weighted by Gasteiger charge is -2.18. The lowest BCUT2D eigenvalue weighted by molar-refractivity contribution is -0.396. The molecule has 6 N–H and O–H groups in total. The number of nitrogens with zero attached hydrogens (tertiary/aromatic N) is 2. The maximum atomic E-state index is 13.8. The van der Waals surface area contributed by atoms with E-state index in [1.54, 1.807) is 18.7 Å². The maximum Gasteiger partial charge on any atom is 0.328 e. The summed E-state index contributed by atoms with van der Waals surface area (Å²) in [5.74, 6) is -0.220. The number of nitrogens with one attached hydrogen (secondary N) is 2. The number of carbonyl (C=O) groups excluding carboxylic acids is 1. The Morgan fingerprint density at radius 3 is 2.78 bits per heavy atom. The second-order valence-electron chi connectivity index (χ2n) is 7.68. The van der Waals surface area contributed by atoms with Crippen molar-refractivity contribution in [2.24, 2.45) is 5.73 Å². The number of rotatable bonds is 7. The standard InChI is InChI=1S/C22H24ClFN6O2/c1-11(25)17(26)6-7-32-19-8-14(24)4-5-15(19)22(31)30-9-16(18(27)10-30)21-28-12(2)20(23)13(3)29-21/h4-5,8,25-26H,6-7,9-10,27H2,1-3H3/p+2. The fourth-order valence-corrected chi connectivity index (χ4v) is 3.42. The van der Waals surface area contributed by atoms with Crippen molar-refractivity contribution in [3.8, 4) is 5.75 Å². The van der Waals surface area contributed by atoms with E-state index in [2.05, 4.69) is 9.97 Å². The summed E-state index contributed by atoms with van der Waals surface area (Å²) < 4.78 is 19.5. The number of hydrogen-bond donors (Lipinski definition) is 3. The zero-order valence-electron chi connectivity index (χ0n) is 18.2. The summed E-state index contributed by atoms with van der Waals surface area (Å²) in [6, 6.07) is 3.74. The van der Waals surface area contributed by atoms with Crippen molar-refractivity contribution in [2.45, 2.75) is 27.2 Å². The molecule has 0 atom stereocenters. The minimum Gasteiger partial charge on any atom is -0.492 e. The summed E-state index contributed by atoms with van der Waals surface area (Å²) in [6.45, 7) is 5.78. The van der Waals surface area contributed by atoms with Crippen molar-refractivity contribution in [3.05, 3.63) is 57.5 Å². The molecule has 0 radical (unpaired) electrons. The number of amides is 1. The lowest BCUT2D eigenvalue weighted by atomic mass is 10.1. The largest absolute Gasteiger partial charge is 0.492 e. The van der Waals surface area contributed by atoms with Gasteiger partial charge in [0.15, 0.2) is 11.4 Å². The molecule has 2 heterocycles. The van der Waals surface area contributed by atoms with Crippen molar-refractivity contribution in [2.75, 3.05) is 19.7 Å². The van der Waals surface area contributed by atoms with Gasteiger partial charge in [-0.15, -0.1) is 0 Å². The molecule has 1 aromatic heterocycles. The van der Waals surface area contributed by atoms with E-state index in [4.69, 9.17) is 32.9 Å². The van der Waals surface area contributed by atoms with E-state index in [1.807, 2.05) is 6.92 Å². The minimum atomic E-state index is -0.529. The predicted octanol–water partition coefficient (Wildman–Crippen LogP) is 1.14. The Kier molecular flexibility index (Phi) is 6.88. The Bertz CT molecular complexity index is 1120. The van der Waals surface area contributed by atoms with E-state index in [0.29, 0.717) is 33.5 Å². The molecule has 2 aromatic rings. The topological polar surface area (TPSA) is 132 Å². The monoisotopic (exact) mass is 460 g/mol. The summed E-state index contributed by atoms with van der Waals surface area (Å²) in [6.07, 6.45) is 0.242. The number of halogens is 2. The number of aryl methyl sites for hydroxylation is 2. The van der Waals surface area contributed by atoms with Crippen LogP contribution in [-0.2, 0) is 0 Å². The van der Waals surface area contributed by atoms with Gasteiger partial charge in [0.1, 0.15) is 28.0 Å². The van der Waals surface area contributed by atoms with Crippen molar-refractivity contribution < 1.29 is 24.3 Å². The van der Waals surface area contributed by atoms with E-state index < -0.39 is 5.82 Å². The minimum absolute atomic E-state index is 0.0882. The normalized spacial score (nSPS) is 13.5.